The van der Waals surface area contributed by atoms with Crippen molar-refractivity contribution in [2.45, 2.75) is 39.0 Å². The van der Waals surface area contributed by atoms with E-state index in [0.29, 0.717) is 24.5 Å². The molecule has 0 heterocycles. The van der Waals surface area contributed by atoms with E-state index in [9.17, 15) is 4.79 Å². The summed E-state index contributed by atoms with van der Waals surface area (Å²) < 4.78 is 16.6. The maximum atomic E-state index is 11.3. The Morgan fingerprint density at radius 1 is 0.971 bits per heavy atom. The van der Waals surface area contributed by atoms with Crippen molar-refractivity contribution in [1.29, 1.82) is 5.41 Å². The van der Waals surface area contributed by atoms with Gasteiger partial charge in [-0.15, -0.1) is 0 Å². The first-order chi connectivity index (χ1) is 16.5. The zero-order valence-electron chi connectivity index (χ0n) is 19.7. The third kappa shape index (κ3) is 10.4. The minimum absolute atomic E-state index is 0.163. The number of hydrogen-bond acceptors (Lipinski definition) is 8. The molecule has 0 amide bonds. The molecule has 9 nitrogen and oxygen atoms in total. The Labute approximate surface area is 201 Å². The summed E-state index contributed by atoms with van der Waals surface area (Å²) in [7, 11) is 0. The molecule has 0 bridgehead atoms. The van der Waals surface area contributed by atoms with Crippen molar-refractivity contribution in [1.82, 2.24) is 5.32 Å². The predicted octanol–water partition coefficient (Wildman–Crippen LogP) is 3.19. The van der Waals surface area contributed by atoms with E-state index in [0.717, 1.165) is 56.5 Å². The molecule has 0 aromatic heterocycles. The quantitative estimate of drug-likeness (QED) is 0.0562. The molecule has 2 aromatic rings. The SMILES string of the molecule is CC(=O)Oc1cc(OCCCNCCCCCCOc2ccc(/C=N/N)cc2)ccc1C(=N)N. The molecule has 9 heteroatoms. The maximum Gasteiger partial charge on any atom is 0.308 e. The first-order valence-corrected chi connectivity index (χ1v) is 11.5. The number of carbonyl (C=O) groups is 1. The topological polar surface area (TPSA) is 145 Å². The number of hydrogen-bond donors (Lipinski definition) is 4. The number of hydrazone groups is 1. The summed E-state index contributed by atoms with van der Waals surface area (Å²) in [5, 5.41) is 14.5. The third-order valence-corrected chi connectivity index (χ3v) is 4.88. The lowest BCUT2D eigenvalue weighted by molar-refractivity contribution is -0.131. The fraction of sp³-hybridized carbons (Fsp3) is 0.400. The summed E-state index contributed by atoms with van der Waals surface area (Å²) in [5.74, 6) is 6.16. The van der Waals surface area contributed by atoms with Gasteiger partial charge in [0.05, 0.1) is 25.0 Å². The molecule has 0 aliphatic heterocycles. The molecule has 184 valence electrons. The molecular weight excluding hydrogens is 434 g/mol. The zero-order valence-corrected chi connectivity index (χ0v) is 19.7. The Morgan fingerprint density at radius 3 is 2.32 bits per heavy atom. The highest BCUT2D eigenvalue weighted by molar-refractivity contribution is 5.98. The van der Waals surface area contributed by atoms with Gasteiger partial charge in [-0.25, -0.2) is 0 Å². The van der Waals surface area contributed by atoms with Crippen molar-refractivity contribution in [3.05, 3.63) is 53.6 Å². The van der Waals surface area contributed by atoms with Gasteiger partial charge in [-0.2, -0.15) is 5.10 Å². The summed E-state index contributed by atoms with van der Waals surface area (Å²) >= 11 is 0. The van der Waals surface area contributed by atoms with Crippen molar-refractivity contribution < 1.29 is 19.0 Å². The van der Waals surface area contributed by atoms with Crippen molar-refractivity contribution in [3.8, 4) is 17.2 Å². The van der Waals surface area contributed by atoms with Crippen LogP contribution in [0.1, 0.15) is 50.2 Å². The van der Waals surface area contributed by atoms with Crippen LogP contribution in [0.3, 0.4) is 0 Å². The standard InChI is InChI=1S/C25H35N5O4/c1-19(31)34-24-17-22(11-12-23(24)25(26)27)33-16-6-14-29-13-4-2-3-5-15-32-21-9-7-20(8-10-21)18-30-28/h7-12,17-18,29H,2-6,13-16,28H2,1H3,(H3,26,27)/b30-18+. The summed E-state index contributed by atoms with van der Waals surface area (Å²) in [6.45, 7) is 4.37. The van der Waals surface area contributed by atoms with Crippen molar-refractivity contribution >= 4 is 18.0 Å². The molecule has 0 saturated heterocycles. The van der Waals surface area contributed by atoms with Crippen LogP contribution in [0.15, 0.2) is 47.6 Å². The Morgan fingerprint density at radius 2 is 1.62 bits per heavy atom. The Hall–Kier alpha value is -3.59. The zero-order chi connectivity index (χ0) is 24.6. The smallest absolute Gasteiger partial charge is 0.308 e. The first-order valence-electron chi connectivity index (χ1n) is 11.5. The van der Waals surface area contributed by atoms with Gasteiger partial charge in [-0.05, 0) is 74.3 Å². The van der Waals surface area contributed by atoms with Crippen molar-refractivity contribution in [2.24, 2.45) is 16.7 Å². The summed E-state index contributed by atoms with van der Waals surface area (Å²) in [4.78, 5) is 11.3. The number of nitrogens with zero attached hydrogens (tertiary/aromatic N) is 1. The number of ether oxygens (including phenoxy) is 3. The summed E-state index contributed by atoms with van der Waals surface area (Å²) in [6, 6.07) is 12.6. The van der Waals surface area contributed by atoms with Crippen LogP contribution in [0, 0.1) is 5.41 Å². The normalized spacial score (nSPS) is 10.9. The first kappa shape index (κ1) is 26.7. The van der Waals surface area contributed by atoms with Gasteiger partial charge in [0.15, 0.2) is 0 Å². The Bertz CT molecular complexity index is 931. The predicted molar refractivity (Wildman–Crippen MR) is 134 cm³/mol. The molecule has 0 unspecified atom stereocenters. The molecule has 2 rings (SSSR count). The maximum absolute atomic E-state index is 11.3. The van der Waals surface area contributed by atoms with Crippen LogP contribution in [0.25, 0.3) is 0 Å². The molecule has 0 radical (unpaired) electrons. The van der Waals surface area contributed by atoms with E-state index in [4.69, 9.17) is 31.2 Å². The van der Waals surface area contributed by atoms with Gasteiger partial charge in [0, 0.05) is 13.0 Å². The summed E-state index contributed by atoms with van der Waals surface area (Å²) in [5.41, 5.74) is 6.83. The number of nitrogens with two attached hydrogens (primary N) is 2. The van der Waals surface area contributed by atoms with Crippen molar-refractivity contribution in [2.75, 3.05) is 26.3 Å². The monoisotopic (exact) mass is 469 g/mol. The van der Waals surface area contributed by atoms with Gasteiger partial charge in [-0.3, -0.25) is 10.2 Å². The third-order valence-electron chi connectivity index (χ3n) is 4.88. The van der Waals surface area contributed by atoms with Crippen LogP contribution in [0.5, 0.6) is 17.2 Å². The van der Waals surface area contributed by atoms with Gasteiger partial charge in [0.25, 0.3) is 0 Å². The van der Waals surface area contributed by atoms with Crippen LogP contribution in [-0.2, 0) is 4.79 Å². The van der Waals surface area contributed by atoms with Gasteiger partial charge in [0.1, 0.15) is 23.1 Å². The van der Waals surface area contributed by atoms with E-state index in [1.54, 1.807) is 24.4 Å². The minimum Gasteiger partial charge on any atom is -0.494 e. The average Bonchev–Trinajstić information content (AvgIpc) is 2.80. The average molecular weight is 470 g/mol. The second-order valence-corrected chi connectivity index (χ2v) is 7.73. The van der Waals surface area contributed by atoms with E-state index < -0.39 is 5.97 Å². The molecule has 34 heavy (non-hydrogen) atoms. The van der Waals surface area contributed by atoms with Crippen LogP contribution >= 0.6 is 0 Å². The van der Waals surface area contributed by atoms with Crippen LogP contribution in [-0.4, -0.2) is 44.3 Å². The molecule has 0 spiro atoms. The number of nitrogens with one attached hydrogen (secondary N) is 2. The lowest BCUT2D eigenvalue weighted by Crippen LogP contribution is -2.19. The molecule has 0 saturated carbocycles. The van der Waals surface area contributed by atoms with Crippen LogP contribution in [0.4, 0.5) is 0 Å². The second-order valence-electron chi connectivity index (χ2n) is 7.73. The fourth-order valence-electron chi connectivity index (χ4n) is 3.20. The highest BCUT2D eigenvalue weighted by Crippen LogP contribution is 2.25. The number of amidine groups is 1. The fourth-order valence-corrected chi connectivity index (χ4v) is 3.20. The van der Waals surface area contributed by atoms with Crippen LogP contribution < -0.4 is 31.1 Å². The molecule has 6 N–H and O–H groups in total. The lowest BCUT2D eigenvalue weighted by Gasteiger charge is -2.11. The number of carbonyl (C=O) groups excluding carboxylic acids is 1. The molecule has 0 aliphatic rings. The lowest BCUT2D eigenvalue weighted by atomic mass is 10.1. The van der Waals surface area contributed by atoms with E-state index in [-0.39, 0.29) is 11.6 Å². The van der Waals surface area contributed by atoms with Gasteiger partial charge < -0.3 is 31.1 Å². The largest absolute Gasteiger partial charge is 0.494 e. The molecule has 0 aliphatic carbocycles. The van der Waals surface area contributed by atoms with E-state index in [1.165, 1.54) is 6.92 Å². The molecule has 0 fully saturated rings. The number of nitrogen functional groups attached to an aromatic ring is 1. The second kappa shape index (κ2) is 15.3. The number of unbranched alkanes of at least 4 members (excludes halogenated alkanes) is 3. The highest BCUT2D eigenvalue weighted by atomic mass is 16.5. The van der Waals surface area contributed by atoms with E-state index in [2.05, 4.69) is 10.4 Å². The van der Waals surface area contributed by atoms with Gasteiger partial charge in [-0.1, -0.05) is 12.8 Å². The molecule has 0 atom stereocenters. The van der Waals surface area contributed by atoms with Gasteiger partial charge >= 0.3 is 5.97 Å². The molecular formula is C25H35N5O4. The number of rotatable bonds is 16. The Kier molecular flexibility index (Phi) is 12.0. The minimum atomic E-state index is -0.472. The van der Waals surface area contributed by atoms with Gasteiger partial charge in [0.2, 0.25) is 0 Å². The van der Waals surface area contributed by atoms with Crippen molar-refractivity contribution in [3.63, 3.8) is 0 Å². The highest BCUT2D eigenvalue weighted by Gasteiger charge is 2.10. The van der Waals surface area contributed by atoms with E-state index in [1.807, 2.05) is 24.3 Å². The molecule has 2 aromatic carbocycles. The number of benzene rings is 2. The Balaban J connectivity index is 1.49. The number of esters is 1. The van der Waals surface area contributed by atoms with Crippen LogP contribution in [0.2, 0.25) is 0 Å². The summed E-state index contributed by atoms with van der Waals surface area (Å²) in [6.07, 6.45) is 6.87. The van der Waals surface area contributed by atoms with E-state index >= 15 is 0 Å².